The predicted molar refractivity (Wildman–Crippen MR) is 137 cm³/mol. The minimum absolute atomic E-state index is 0.110. The molecule has 0 atom stereocenters. The average molecular weight is 524 g/mol. The Kier molecular flexibility index (Phi) is 14.1. The second-order valence-corrected chi connectivity index (χ2v) is 7.98. The lowest BCUT2D eigenvalue weighted by Gasteiger charge is -2.15. The first-order chi connectivity index (χ1) is 16.8. The van der Waals surface area contributed by atoms with Gasteiger partial charge in [-0.15, -0.1) is 0 Å². The second kappa shape index (κ2) is 16.5. The van der Waals surface area contributed by atoms with Crippen molar-refractivity contribution in [3.8, 4) is 11.6 Å². The van der Waals surface area contributed by atoms with Crippen LogP contribution in [0.5, 0.6) is 11.6 Å². The molecule has 10 heteroatoms. The number of hydrogen-bond acceptors (Lipinski definition) is 6. The molecule has 2 N–H and O–H groups in total. The topological polar surface area (TPSA) is 107 Å². The highest BCUT2D eigenvalue weighted by molar-refractivity contribution is 6.31. The lowest BCUT2D eigenvalue weighted by molar-refractivity contribution is -0.123. The fourth-order valence-electron chi connectivity index (χ4n) is 2.74. The Bertz CT molecular complexity index is 1010. The minimum atomic E-state index is -0.258. The molecule has 8 nitrogen and oxygen atoms in total. The van der Waals surface area contributed by atoms with Crippen LogP contribution in [0.4, 0.5) is 0 Å². The van der Waals surface area contributed by atoms with E-state index in [-0.39, 0.29) is 18.3 Å². The van der Waals surface area contributed by atoms with E-state index in [1.54, 1.807) is 30.3 Å². The van der Waals surface area contributed by atoms with Gasteiger partial charge in [0.15, 0.2) is 12.4 Å². The van der Waals surface area contributed by atoms with Crippen molar-refractivity contribution in [3.63, 3.8) is 0 Å². The Balaban J connectivity index is 0.000000367. The van der Waals surface area contributed by atoms with Gasteiger partial charge in [0, 0.05) is 42.4 Å². The standard InChI is InChI=1S/C14H18ClN3O3.C9H7ClO2.C2H6/c1-10(2)12(18-9-19)5-6-16-13(20)8-21-14-4-3-11(15)7-17-14;10-6-1-2-9-7(5-6)8(11)3-4-12-9;1-2/h3-4,7,9H,5-6,8H2,1-2H3,(H,16,20)(H,18,19);1-2,5H,3-4H2;1-2H3. The van der Waals surface area contributed by atoms with Gasteiger partial charge in [0.1, 0.15) is 5.75 Å². The number of ketones is 1. The van der Waals surface area contributed by atoms with Crippen molar-refractivity contribution >= 4 is 41.3 Å². The molecular weight excluding hydrogens is 493 g/mol. The molecule has 2 heterocycles. The van der Waals surface area contributed by atoms with E-state index in [1.165, 1.54) is 6.20 Å². The number of aromatic nitrogens is 1. The third kappa shape index (κ3) is 11.2. The molecule has 0 fully saturated rings. The Hall–Kier alpha value is -3.10. The number of carbonyl (C=O) groups excluding carboxylic acids is 3. The second-order valence-electron chi connectivity index (χ2n) is 7.11. The summed E-state index contributed by atoms with van der Waals surface area (Å²) in [5, 5.41) is 6.39. The third-order valence-corrected chi connectivity index (χ3v) is 4.87. The molecule has 1 aromatic heterocycles. The Morgan fingerprint density at radius 3 is 2.51 bits per heavy atom. The molecular formula is C25H31Cl2N3O5. The molecule has 2 aromatic rings. The van der Waals surface area contributed by atoms with Crippen LogP contribution in [0.1, 0.15) is 50.9 Å². The number of amides is 2. The Morgan fingerprint density at radius 2 is 1.89 bits per heavy atom. The van der Waals surface area contributed by atoms with E-state index in [0.717, 1.165) is 11.3 Å². The van der Waals surface area contributed by atoms with Crippen LogP contribution in [0, 0.1) is 0 Å². The summed E-state index contributed by atoms with van der Waals surface area (Å²) in [4.78, 5) is 37.2. The minimum Gasteiger partial charge on any atom is -0.492 e. The first-order valence-electron chi connectivity index (χ1n) is 11.1. The zero-order chi connectivity index (χ0) is 26.2. The monoisotopic (exact) mass is 523 g/mol. The number of nitrogens with zero attached hydrogens (tertiary/aromatic N) is 1. The number of halogens is 2. The van der Waals surface area contributed by atoms with Crippen LogP contribution < -0.4 is 20.1 Å². The predicted octanol–water partition coefficient (Wildman–Crippen LogP) is 4.99. The van der Waals surface area contributed by atoms with E-state index in [2.05, 4.69) is 15.6 Å². The van der Waals surface area contributed by atoms with Crippen molar-refractivity contribution in [1.82, 2.24) is 15.6 Å². The lowest BCUT2D eigenvalue weighted by Crippen LogP contribution is -2.31. The third-order valence-electron chi connectivity index (χ3n) is 4.41. The number of benzene rings is 1. The van der Waals surface area contributed by atoms with Crippen molar-refractivity contribution in [2.45, 2.75) is 40.5 Å². The molecule has 3 rings (SSSR count). The summed E-state index contributed by atoms with van der Waals surface area (Å²) >= 11 is 11.4. The summed E-state index contributed by atoms with van der Waals surface area (Å²) < 4.78 is 10.5. The summed E-state index contributed by atoms with van der Waals surface area (Å²) in [6, 6.07) is 8.32. The van der Waals surface area contributed by atoms with Gasteiger partial charge in [0.2, 0.25) is 12.3 Å². The number of pyridine rings is 1. The maximum Gasteiger partial charge on any atom is 0.258 e. The van der Waals surface area contributed by atoms with Gasteiger partial charge in [-0.05, 0) is 38.1 Å². The van der Waals surface area contributed by atoms with E-state index in [0.29, 0.717) is 59.6 Å². The van der Waals surface area contributed by atoms with Crippen LogP contribution >= 0.6 is 23.2 Å². The number of rotatable bonds is 8. The lowest BCUT2D eigenvalue weighted by atomic mass is 10.1. The summed E-state index contributed by atoms with van der Waals surface area (Å²) in [5.41, 5.74) is 2.40. The van der Waals surface area contributed by atoms with E-state index in [1.807, 2.05) is 27.7 Å². The Labute approximate surface area is 216 Å². The van der Waals surface area contributed by atoms with Gasteiger partial charge >= 0.3 is 0 Å². The van der Waals surface area contributed by atoms with Crippen molar-refractivity contribution in [3.05, 3.63) is 63.4 Å². The van der Waals surface area contributed by atoms with Crippen LogP contribution in [0.2, 0.25) is 10.0 Å². The highest BCUT2D eigenvalue weighted by Gasteiger charge is 2.17. The summed E-state index contributed by atoms with van der Waals surface area (Å²) in [6.45, 7) is 8.55. The number of allylic oxidation sites excluding steroid dienone is 1. The van der Waals surface area contributed by atoms with Gasteiger partial charge in [-0.1, -0.05) is 42.6 Å². The number of fused-ring (bicyclic) bond motifs is 1. The molecule has 0 aliphatic carbocycles. The molecule has 0 radical (unpaired) electrons. The maximum absolute atomic E-state index is 11.6. The molecule has 190 valence electrons. The number of carbonyl (C=O) groups is 3. The summed E-state index contributed by atoms with van der Waals surface area (Å²) in [5.74, 6) is 0.836. The van der Waals surface area contributed by atoms with Gasteiger partial charge in [0.05, 0.1) is 17.2 Å². The number of hydrogen-bond donors (Lipinski definition) is 2. The van der Waals surface area contributed by atoms with Gasteiger partial charge < -0.3 is 20.1 Å². The van der Waals surface area contributed by atoms with Crippen molar-refractivity contribution in [1.29, 1.82) is 0 Å². The number of nitrogens with one attached hydrogen (secondary N) is 2. The quantitative estimate of drug-likeness (QED) is 0.472. The Morgan fingerprint density at radius 1 is 1.17 bits per heavy atom. The molecule has 35 heavy (non-hydrogen) atoms. The van der Waals surface area contributed by atoms with Crippen LogP contribution in [0.3, 0.4) is 0 Å². The summed E-state index contributed by atoms with van der Waals surface area (Å²) in [7, 11) is 0. The smallest absolute Gasteiger partial charge is 0.258 e. The molecule has 0 saturated carbocycles. The van der Waals surface area contributed by atoms with Gasteiger partial charge in [-0.2, -0.15) is 0 Å². The van der Waals surface area contributed by atoms with Crippen molar-refractivity contribution < 1.29 is 23.9 Å². The number of ether oxygens (including phenoxy) is 2. The van der Waals surface area contributed by atoms with E-state index >= 15 is 0 Å². The SMILES string of the molecule is CC.CC(C)=C(CCNC(=O)COc1ccc(Cl)cn1)NC=O.O=C1CCOc2ccc(Cl)cc21. The fourth-order valence-corrected chi connectivity index (χ4v) is 3.02. The van der Waals surface area contributed by atoms with E-state index in [4.69, 9.17) is 32.7 Å². The average Bonchev–Trinajstić information content (AvgIpc) is 2.85. The van der Waals surface area contributed by atoms with Gasteiger partial charge in [0.25, 0.3) is 5.91 Å². The van der Waals surface area contributed by atoms with Crippen LogP contribution in [-0.2, 0) is 9.59 Å². The fraction of sp³-hybridized carbons (Fsp3) is 0.360. The van der Waals surface area contributed by atoms with E-state index < -0.39 is 0 Å². The van der Waals surface area contributed by atoms with Crippen LogP contribution in [0.25, 0.3) is 0 Å². The first kappa shape index (κ1) is 29.9. The largest absolute Gasteiger partial charge is 0.492 e. The van der Waals surface area contributed by atoms with Crippen molar-refractivity contribution in [2.75, 3.05) is 19.8 Å². The highest BCUT2D eigenvalue weighted by atomic mass is 35.5. The molecule has 0 unspecified atom stereocenters. The maximum atomic E-state index is 11.6. The van der Waals surface area contributed by atoms with Gasteiger partial charge in [-0.3, -0.25) is 14.4 Å². The molecule has 0 spiro atoms. The van der Waals surface area contributed by atoms with E-state index in [9.17, 15) is 14.4 Å². The molecule has 0 bridgehead atoms. The van der Waals surface area contributed by atoms with Crippen LogP contribution in [-0.4, -0.2) is 42.8 Å². The molecule has 1 aromatic carbocycles. The zero-order valence-corrected chi connectivity index (χ0v) is 21.8. The molecule has 2 amide bonds. The van der Waals surface area contributed by atoms with Crippen molar-refractivity contribution in [2.24, 2.45) is 0 Å². The highest BCUT2D eigenvalue weighted by Crippen LogP contribution is 2.27. The molecule has 0 saturated heterocycles. The zero-order valence-electron chi connectivity index (χ0n) is 20.3. The molecule has 1 aliphatic rings. The number of Topliss-reactive ketones (excluding diaryl/α,β-unsaturated/α-hetero) is 1. The first-order valence-corrected chi connectivity index (χ1v) is 11.9. The normalized spacial score (nSPS) is 11.2. The summed E-state index contributed by atoms with van der Waals surface area (Å²) in [6.07, 6.45) is 3.07. The molecule has 1 aliphatic heterocycles. The van der Waals surface area contributed by atoms with Crippen LogP contribution in [0.15, 0.2) is 47.8 Å². The van der Waals surface area contributed by atoms with Gasteiger partial charge in [-0.25, -0.2) is 4.98 Å².